The van der Waals surface area contributed by atoms with Crippen LogP contribution in [0.4, 0.5) is 0 Å². The Labute approximate surface area is 179 Å². The Morgan fingerprint density at radius 2 is 1.90 bits per heavy atom. The minimum atomic E-state index is -1.27. The van der Waals surface area contributed by atoms with Crippen molar-refractivity contribution in [2.75, 3.05) is 26.2 Å². The van der Waals surface area contributed by atoms with Gasteiger partial charge in [0.25, 0.3) is 0 Å². The maximum absolute atomic E-state index is 11.4. The van der Waals surface area contributed by atoms with Crippen LogP contribution in [0.2, 0.25) is 0 Å². The fourth-order valence-electron chi connectivity index (χ4n) is 3.61. The molecule has 0 unspecified atom stereocenters. The lowest BCUT2D eigenvalue weighted by Gasteiger charge is -2.38. The molecule has 2 rings (SSSR count). The molecule has 0 radical (unpaired) electrons. The number of carbonyl (C=O) groups excluding carboxylic acids is 1. The van der Waals surface area contributed by atoms with Crippen molar-refractivity contribution >= 4 is 5.78 Å². The van der Waals surface area contributed by atoms with Crippen molar-refractivity contribution in [3.8, 4) is 0 Å². The van der Waals surface area contributed by atoms with Gasteiger partial charge >= 0.3 is 0 Å². The van der Waals surface area contributed by atoms with Gasteiger partial charge in [0.05, 0.1) is 12.7 Å². The Morgan fingerprint density at radius 1 is 1.17 bits per heavy atom. The van der Waals surface area contributed by atoms with E-state index in [1.807, 2.05) is 35.2 Å². The van der Waals surface area contributed by atoms with E-state index >= 15 is 0 Å². The second kappa shape index (κ2) is 13.1. The zero-order valence-corrected chi connectivity index (χ0v) is 18.2. The molecule has 1 aliphatic heterocycles. The minimum absolute atomic E-state index is 0.0130. The number of ketones is 1. The number of Topliss-reactive ketones (excluding diaryl/α,β-unsaturated/α-hetero) is 1. The number of benzene rings is 1. The molecule has 1 heterocycles. The van der Waals surface area contributed by atoms with Crippen LogP contribution in [0.3, 0.4) is 0 Å². The third-order valence-electron chi connectivity index (χ3n) is 5.43. The van der Waals surface area contributed by atoms with Gasteiger partial charge in [-0.2, -0.15) is 0 Å². The molecule has 30 heavy (non-hydrogen) atoms. The molecule has 0 saturated carbocycles. The van der Waals surface area contributed by atoms with E-state index in [0.29, 0.717) is 13.0 Å². The largest absolute Gasteiger partial charge is 0.389 e. The average Bonchev–Trinajstić information content (AvgIpc) is 2.75. The van der Waals surface area contributed by atoms with E-state index in [0.717, 1.165) is 37.8 Å². The van der Waals surface area contributed by atoms with E-state index in [2.05, 4.69) is 6.92 Å². The van der Waals surface area contributed by atoms with Gasteiger partial charge in [0.2, 0.25) is 0 Å². The van der Waals surface area contributed by atoms with E-state index in [9.17, 15) is 20.1 Å². The monoisotopic (exact) mass is 423 g/mol. The summed E-state index contributed by atoms with van der Waals surface area (Å²) in [7, 11) is 0. The summed E-state index contributed by atoms with van der Waals surface area (Å²) in [5, 5.41) is 31.7. The molecule has 0 aromatic heterocycles. The molecule has 0 spiro atoms. The Morgan fingerprint density at radius 3 is 2.57 bits per heavy atom. The van der Waals surface area contributed by atoms with Crippen molar-refractivity contribution in [3.05, 3.63) is 35.9 Å². The third-order valence-corrected chi connectivity index (χ3v) is 5.43. The maximum Gasteiger partial charge on any atom is 0.184 e. The summed E-state index contributed by atoms with van der Waals surface area (Å²) in [6.07, 6.45) is -0.340. The first-order valence-corrected chi connectivity index (χ1v) is 11.0. The van der Waals surface area contributed by atoms with Gasteiger partial charge in [0, 0.05) is 25.1 Å². The molecular weight excluding hydrogens is 386 g/mol. The minimum Gasteiger partial charge on any atom is -0.389 e. The standard InChI is InChI=1S/C23H37NO6/c1-3-4-5-9-13-24(14-12-17(2)25)15-19(26)21(28)22-20(27)16-29-23(30-22)18-10-7-6-8-11-18/h6-8,10-11,19-23,26-28H,3-5,9,12-16H2,1-2H3/t19-,20+,21+,22+,23+/m0/s1. The zero-order valence-electron chi connectivity index (χ0n) is 18.2. The number of unbranched alkanes of at least 4 members (excludes halogenated alkanes) is 3. The fourth-order valence-corrected chi connectivity index (χ4v) is 3.61. The Balaban J connectivity index is 1.95. The summed E-state index contributed by atoms with van der Waals surface area (Å²) in [4.78, 5) is 13.4. The second-order valence-electron chi connectivity index (χ2n) is 8.12. The molecule has 3 N–H and O–H groups in total. The summed E-state index contributed by atoms with van der Waals surface area (Å²) < 4.78 is 11.4. The Bertz CT molecular complexity index is 613. The van der Waals surface area contributed by atoms with Crippen LogP contribution in [0.15, 0.2) is 30.3 Å². The smallest absolute Gasteiger partial charge is 0.184 e. The molecule has 1 aliphatic rings. The fraction of sp³-hybridized carbons (Fsp3) is 0.696. The van der Waals surface area contributed by atoms with Gasteiger partial charge in [0.1, 0.15) is 24.1 Å². The van der Waals surface area contributed by atoms with Gasteiger partial charge in [-0.05, 0) is 19.9 Å². The molecule has 170 valence electrons. The summed E-state index contributed by atoms with van der Waals surface area (Å²) >= 11 is 0. The van der Waals surface area contributed by atoms with Crippen LogP contribution >= 0.6 is 0 Å². The Kier molecular flexibility index (Phi) is 10.9. The highest BCUT2D eigenvalue weighted by Crippen LogP contribution is 2.28. The quantitative estimate of drug-likeness (QED) is 0.418. The zero-order chi connectivity index (χ0) is 21.9. The lowest BCUT2D eigenvalue weighted by atomic mass is 10.0. The van der Waals surface area contributed by atoms with Crippen LogP contribution in [0.1, 0.15) is 57.8 Å². The number of ether oxygens (including phenoxy) is 2. The first-order chi connectivity index (χ1) is 14.4. The van der Waals surface area contributed by atoms with Gasteiger partial charge in [0.15, 0.2) is 6.29 Å². The van der Waals surface area contributed by atoms with E-state index in [-0.39, 0.29) is 18.9 Å². The van der Waals surface area contributed by atoms with E-state index in [1.165, 1.54) is 0 Å². The Hall–Kier alpha value is -1.35. The van der Waals surface area contributed by atoms with Crippen molar-refractivity contribution < 1.29 is 29.6 Å². The molecule has 1 aromatic carbocycles. The van der Waals surface area contributed by atoms with E-state index < -0.39 is 30.7 Å². The summed E-state index contributed by atoms with van der Waals surface area (Å²) in [6, 6.07) is 9.30. The second-order valence-corrected chi connectivity index (χ2v) is 8.12. The van der Waals surface area contributed by atoms with Crippen LogP contribution in [0.5, 0.6) is 0 Å². The lowest BCUT2D eigenvalue weighted by Crippen LogP contribution is -2.54. The summed E-state index contributed by atoms with van der Waals surface area (Å²) in [5.74, 6) is 0.0949. The van der Waals surface area contributed by atoms with Crippen molar-refractivity contribution in [3.63, 3.8) is 0 Å². The number of aliphatic hydroxyl groups is 3. The average molecular weight is 424 g/mol. The maximum atomic E-state index is 11.4. The number of nitrogens with zero attached hydrogens (tertiary/aromatic N) is 1. The molecule has 7 nitrogen and oxygen atoms in total. The molecule has 0 amide bonds. The number of hydrogen-bond donors (Lipinski definition) is 3. The van der Waals surface area contributed by atoms with Crippen LogP contribution in [0.25, 0.3) is 0 Å². The van der Waals surface area contributed by atoms with E-state index in [1.54, 1.807) is 6.92 Å². The molecule has 1 fully saturated rings. The molecule has 1 saturated heterocycles. The molecule has 1 aromatic rings. The van der Waals surface area contributed by atoms with Gasteiger partial charge < -0.3 is 29.7 Å². The molecule has 0 aliphatic carbocycles. The molecule has 7 heteroatoms. The van der Waals surface area contributed by atoms with Gasteiger partial charge in [-0.1, -0.05) is 56.5 Å². The first kappa shape index (κ1) is 24.9. The number of aliphatic hydroxyl groups excluding tert-OH is 3. The van der Waals surface area contributed by atoms with Crippen LogP contribution in [-0.4, -0.2) is 76.7 Å². The molecule has 0 bridgehead atoms. The third kappa shape index (κ3) is 8.06. The van der Waals surface area contributed by atoms with Gasteiger partial charge in [-0.3, -0.25) is 4.79 Å². The summed E-state index contributed by atoms with van der Waals surface area (Å²) in [5.41, 5.74) is 0.787. The molecular formula is C23H37NO6. The van der Waals surface area contributed by atoms with Crippen molar-refractivity contribution in [2.24, 2.45) is 0 Å². The summed E-state index contributed by atoms with van der Waals surface area (Å²) in [6.45, 7) is 5.21. The predicted molar refractivity (Wildman–Crippen MR) is 114 cm³/mol. The lowest BCUT2D eigenvalue weighted by molar-refractivity contribution is -0.283. The highest BCUT2D eigenvalue weighted by molar-refractivity contribution is 5.75. The van der Waals surface area contributed by atoms with Crippen LogP contribution in [0, 0.1) is 0 Å². The SMILES string of the molecule is CCCCCCN(CCC(C)=O)C[C@H](O)[C@@H](O)[C@@H]1O[C@H](c2ccccc2)OC[C@H]1O. The highest BCUT2D eigenvalue weighted by Gasteiger charge is 2.39. The number of carbonyl (C=O) groups is 1. The predicted octanol–water partition coefficient (Wildman–Crippen LogP) is 2.04. The highest BCUT2D eigenvalue weighted by atomic mass is 16.7. The normalized spacial score (nSPS) is 24.0. The van der Waals surface area contributed by atoms with E-state index in [4.69, 9.17) is 9.47 Å². The molecule has 5 atom stereocenters. The van der Waals surface area contributed by atoms with Crippen molar-refractivity contribution in [1.29, 1.82) is 0 Å². The number of rotatable bonds is 13. The van der Waals surface area contributed by atoms with Crippen molar-refractivity contribution in [1.82, 2.24) is 4.90 Å². The number of hydrogen-bond acceptors (Lipinski definition) is 7. The van der Waals surface area contributed by atoms with Gasteiger partial charge in [-0.25, -0.2) is 0 Å². The van der Waals surface area contributed by atoms with Crippen LogP contribution in [-0.2, 0) is 14.3 Å². The topological polar surface area (TPSA) is 99.5 Å². The van der Waals surface area contributed by atoms with Crippen LogP contribution < -0.4 is 0 Å². The van der Waals surface area contributed by atoms with Crippen molar-refractivity contribution in [2.45, 2.75) is 76.7 Å². The first-order valence-electron chi connectivity index (χ1n) is 11.0. The van der Waals surface area contributed by atoms with Gasteiger partial charge in [-0.15, -0.1) is 0 Å².